The van der Waals surface area contributed by atoms with Gasteiger partial charge in [0.2, 0.25) is 0 Å². The summed E-state index contributed by atoms with van der Waals surface area (Å²) in [7, 11) is 0. The van der Waals surface area contributed by atoms with E-state index in [1.807, 2.05) is 0 Å². The molecule has 0 N–H and O–H groups in total. The Bertz CT molecular complexity index is 155. The van der Waals surface area contributed by atoms with Gasteiger partial charge < -0.3 is 9.47 Å². The van der Waals surface area contributed by atoms with Crippen LogP contribution in [-0.2, 0) is 9.47 Å². The van der Waals surface area contributed by atoms with Crippen LogP contribution in [0.2, 0.25) is 0 Å². The SMILES string of the molecule is C=C(Br)C1OCC(C)(C)CO1. The van der Waals surface area contributed by atoms with E-state index in [2.05, 4.69) is 36.4 Å². The highest BCUT2D eigenvalue weighted by Gasteiger charge is 2.28. The van der Waals surface area contributed by atoms with Crippen LogP contribution < -0.4 is 0 Å². The van der Waals surface area contributed by atoms with Gasteiger partial charge in [0.25, 0.3) is 0 Å². The number of rotatable bonds is 1. The molecule has 1 aliphatic rings. The molecule has 0 atom stereocenters. The van der Waals surface area contributed by atoms with Gasteiger partial charge in [-0.15, -0.1) is 0 Å². The van der Waals surface area contributed by atoms with Gasteiger partial charge in [-0.25, -0.2) is 0 Å². The first-order valence-electron chi connectivity index (χ1n) is 3.59. The van der Waals surface area contributed by atoms with Crippen LogP contribution in [0.1, 0.15) is 13.8 Å². The highest BCUT2D eigenvalue weighted by Crippen LogP contribution is 2.26. The summed E-state index contributed by atoms with van der Waals surface area (Å²) in [5, 5.41) is 0. The lowest BCUT2D eigenvalue weighted by Gasteiger charge is -2.34. The van der Waals surface area contributed by atoms with Crippen molar-refractivity contribution in [1.29, 1.82) is 0 Å². The van der Waals surface area contributed by atoms with Crippen molar-refractivity contribution in [2.24, 2.45) is 5.41 Å². The summed E-state index contributed by atoms with van der Waals surface area (Å²) in [5.74, 6) is 0. The fourth-order valence-corrected chi connectivity index (χ4v) is 1.14. The van der Waals surface area contributed by atoms with Crippen LogP contribution in [0.15, 0.2) is 11.1 Å². The van der Waals surface area contributed by atoms with E-state index in [-0.39, 0.29) is 11.7 Å². The maximum atomic E-state index is 5.39. The Hall–Kier alpha value is 0.140. The molecular formula is C8H13BrO2. The number of hydrogen-bond donors (Lipinski definition) is 0. The minimum absolute atomic E-state index is 0.138. The van der Waals surface area contributed by atoms with E-state index in [9.17, 15) is 0 Å². The molecule has 0 amide bonds. The summed E-state index contributed by atoms with van der Waals surface area (Å²) in [6, 6.07) is 0. The molecule has 0 bridgehead atoms. The van der Waals surface area contributed by atoms with E-state index in [1.54, 1.807) is 0 Å². The van der Waals surface area contributed by atoms with E-state index < -0.39 is 0 Å². The smallest absolute Gasteiger partial charge is 0.189 e. The predicted molar refractivity (Wildman–Crippen MR) is 47.5 cm³/mol. The maximum absolute atomic E-state index is 5.39. The summed E-state index contributed by atoms with van der Waals surface area (Å²) in [5.41, 5.74) is 0.138. The third kappa shape index (κ3) is 2.58. The van der Waals surface area contributed by atoms with Crippen LogP contribution >= 0.6 is 15.9 Å². The summed E-state index contributed by atoms with van der Waals surface area (Å²) in [6.07, 6.45) is -0.261. The highest BCUT2D eigenvalue weighted by molar-refractivity contribution is 9.11. The molecule has 1 saturated heterocycles. The first-order chi connectivity index (χ1) is 5.01. The zero-order valence-electron chi connectivity index (χ0n) is 6.89. The molecule has 64 valence electrons. The molecule has 0 aromatic carbocycles. The van der Waals surface area contributed by atoms with E-state index in [1.165, 1.54) is 0 Å². The fraction of sp³-hybridized carbons (Fsp3) is 0.750. The molecule has 1 rings (SSSR count). The molecule has 1 aliphatic heterocycles. The van der Waals surface area contributed by atoms with E-state index >= 15 is 0 Å². The Morgan fingerprint density at radius 3 is 2.27 bits per heavy atom. The zero-order chi connectivity index (χ0) is 8.48. The molecule has 11 heavy (non-hydrogen) atoms. The second-order valence-corrected chi connectivity index (χ2v) is 4.58. The van der Waals surface area contributed by atoms with Gasteiger partial charge in [0.05, 0.1) is 13.2 Å². The quantitative estimate of drug-likeness (QED) is 0.676. The van der Waals surface area contributed by atoms with Crippen molar-refractivity contribution in [3.8, 4) is 0 Å². The molecule has 1 fully saturated rings. The van der Waals surface area contributed by atoms with Gasteiger partial charge in [-0.3, -0.25) is 0 Å². The topological polar surface area (TPSA) is 18.5 Å². The number of halogens is 1. The minimum atomic E-state index is -0.261. The number of hydrogen-bond acceptors (Lipinski definition) is 2. The lowest BCUT2D eigenvalue weighted by Crippen LogP contribution is -2.37. The number of ether oxygens (including phenoxy) is 2. The highest BCUT2D eigenvalue weighted by atomic mass is 79.9. The van der Waals surface area contributed by atoms with Crippen LogP contribution in [0.3, 0.4) is 0 Å². The van der Waals surface area contributed by atoms with Crippen molar-refractivity contribution in [2.45, 2.75) is 20.1 Å². The van der Waals surface area contributed by atoms with Gasteiger partial charge in [0.15, 0.2) is 6.29 Å². The van der Waals surface area contributed by atoms with Crippen LogP contribution in [0.25, 0.3) is 0 Å². The lowest BCUT2D eigenvalue weighted by atomic mass is 9.96. The van der Waals surface area contributed by atoms with E-state index in [0.29, 0.717) is 0 Å². The molecular weight excluding hydrogens is 208 g/mol. The predicted octanol–water partition coefficient (Wildman–Crippen LogP) is 2.29. The van der Waals surface area contributed by atoms with Crippen LogP contribution in [0, 0.1) is 5.41 Å². The normalized spacial score (nSPS) is 25.0. The van der Waals surface area contributed by atoms with E-state index in [0.717, 1.165) is 17.7 Å². The Morgan fingerprint density at radius 2 is 1.91 bits per heavy atom. The maximum Gasteiger partial charge on any atom is 0.189 e. The fourth-order valence-electron chi connectivity index (χ4n) is 0.873. The molecule has 0 aromatic heterocycles. The van der Waals surface area contributed by atoms with Crippen molar-refractivity contribution < 1.29 is 9.47 Å². The summed E-state index contributed by atoms with van der Waals surface area (Å²) >= 11 is 3.23. The van der Waals surface area contributed by atoms with Gasteiger partial charge in [-0.2, -0.15) is 0 Å². The summed E-state index contributed by atoms with van der Waals surface area (Å²) in [4.78, 5) is 0. The molecule has 0 spiro atoms. The molecule has 1 heterocycles. The van der Waals surface area contributed by atoms with Crippen molar-refractivity contribution in [3.05, 3.63) is 11.1 Å². The standard InChI is InChI=1S/C8H13BrO2/c1-6(9)7-10-4-8(2,3)5-11-7/h7H,1,4-5H2,2-3H3. The van der Waals surface area contributed by atoms with Crippen molar-refractivity contribution in [1.82, 2.24) is 0 Å². The van der Waals surface area contributed by atoms with Crippen LogP contribution in [-0.4, -0.2) is 19.5 Å². The van der Waals surface area contributed by atoms with Crippen molar-refractivity contribution in [3.63, 3.8) is 0 Å². The van der Waals surface area contributed by atoms with Gasteiger partial charge in [0.1, 0.15) is 0 Å². The third-order valence-corrected chi connectivity index (χ3v) is 1.88. The molecule has 0 aromatic rings. The first-order valence-corrected chi connectivity index (χ1v) is 4.38. The molecule has 0 unspecified atom stereocenters. The Kier molecular flexibility index (Phi) is 2.73. The average Bonchev–Trinajstić information content (AvgIpc) is 1.86. The molecule has 3 heteroatoms. The van der Waals surface area contributed by atoms with Crippen molar-refractivity contribution >= 4 is 15.9 Å². The molecule has 0 saturated carbocycles. The summed E-state index contributed by atoms with van der Waals surface area (Å²) < 4.78 is 11.5. The lowest BCUT2D eigenvalue weighted by molar-refractivity contribution is -0.198. The first kappa shape index (κ1) is 9.23. The van der Waals surface area contributed by atoms with Crippen LogP contribution in [0.5, 0.6) is 0 Å². The largest absolute Gasteiger partial charge is 0.347 e. The average molecular weight is 221 g/mol. The van der Waals surface area contributed by atoms with Gasteiger partial charge in [-0.1, -0.05) is 36.4 Å². The van der Waals surface area contributed by atoms with E-state index in [4.69, 9.17) is 9.47 Å². The minimum Gasteiger partial charge on any atom is -0.347 e. The van der Waals surface area contributed by atoms with Crippen LogP contribution in [0.4, 0.5) is 0 Å². The second-order valence-electron chi connectivity index (χ2n) is 3.57. The zero-order valence-corrected chi connectivity index (χ0v) is 8.48. The van der Waals surface area contributed by atoms with Crippen molar-refractivity contribution in [2.75, 3.05) is 13.2 Å². The second kappa shape index (κ2) is 3.25. The Morgan fingerprint density at radius 1 is 1.45 bits per heavy atom. The Labute approximate surface area is 75.7 Å². The van der Waals surface area contributed by atoms with Gasteiger partial charge in [0, 0.05) is 9.90 Å². The Balaban J connectivity index is 2.42. The van der Waals surface area contributed by atoms with Gasteiger partial charge >= 0.3 is 0 Å². The molecule has 2 nitrogen and oxygen atoms in total. The van der Waals surface area contributed by atoms with Gasteiger partial charge in [-0.05, 0) is 0 Å². The molecule has 0 aliphatic carbocycles. The third-order valence-electron chi connectivity index (χ3n) is 1.51. The summed E-state index contributed by atoms with van der Waals surface area (Å²) in [6.45, 7) is 9.36. The monoisotopic (exact) mass is 220 g/mol. The molecule has 0 radical (unpaired) electrons.